The van der Waals surface area contributed by atoms with Gasteiger partial charge in [0, 0.05) is 17.9 Å². The molecule has 7 heteroatoms. The molecule has 2 amide bonds. The molecule has 1 atom stereocenters. The van der Waals surface area contributed by atoms with Gasteiger partial charge in [-0.3, -0.25) is 9.69 Å². The maximum atomic E-state index is 12.2. The lowest BCUT2D eigenvalue weighted by atomic mass is 10.1. The van der Waals surface area contributed by atoms with E-state index in [4.69, 9.17) is 17.0 Å². The maximum Gasteiger partial charge on any atom is 0.414 e. The summed E-state index contributed by atoms with van der Waals surface area (Å²) in [5, 5.41) is 3.03. The second kappa shape index (κ2) is 7.17. The van der Waals surface area contributed by atoms with Crippen LogP contribution in [0.5, 0.6) is 0 Å². The molecule has 1 aromatic rings. The first-order chi connectivity index (χ1) is 11.6. The van der Waals surface area contributed by atoms with Crippen LogP contribution in [-0.2, 0) is 16.0 Å². The van der Waals surface area contributed by atoms with Gasteiger partial charge in [-0.15, -0.1) is 0 Å². The first-order valence-electron chi connectivity index (χ1n) is 8.16. The topological polar surface area (TPSA) is 61.9 Å². The zero-order valence-corrected chi connectivity index (χ0v) is 14.5. The Morgan fingerprint density at radius 3 is 3.04 bits per heavy atom. The van der Waals surface area contributed by atoms with Gasteiger partial charge in [0.25, 0.3) is 0 Å². The quantitative estimate of drug-likeness (QED) is 0.669. The molecule has 2 heterocycles. The Morgan fingerprint density at radius 2 is 2.29 bits per heavy atom. The molecule has 0 unspecified atom stereocenters. The van der Waals surface area contributed by atoms with Crippen LogP contribution < -0.4 is 15.1 Å². The molecule has 0 bridgehead atoms. The summed E-state index contributed by atoms with van der Waals surface area (Å²) >= 11 is 4.99. The number of hydrogen-bond acceptors (Lipinski definition) is 4. The van der Waals surface area contributed by atoms with Gasteiger partial charge < -0.3 is 15.0 Å². The van der Waals surface area contributed by atoms with Crippen molar-refractivity contribution in [2.24, 2.45) is 0 Å². The Bertz CT molecular complexity index is 664. The SMILES string of the molecule is CC(=S)NC[C@H]1CN(c2ccc3c(c2)CCCCN3C=O)C(=O)O1. The monoisotopic (exact) mass is 347 g/mol. The van der Waals surface area contributed by atoms with Gasteiger partial charge in [-0.1, -0.05) is 12.2 Å². The lowest BCUT2D eigenvalue weighted by Gasteiger charge is -2.20. The Balaban J connectivity index is 1.78. The van der Waals surface area contributed by atoms with Crippen LogP contribution in [0.1, 0.15) is 25.3 Å². The van der Waals surface area contributed by atoms with Gasteiger partial charge in [0.2, 0.25) is 6.41 Å². The Kier molecular flexibility index (Phi) is 4.99. The highest BCUT2D eigenvalue weighted by Crippen LogP contribution is 2.31. The van der Waals surface area contributed by atoms with Gasteiger partial charge in [0.1, 0.15) is 6.10 Å². The summed E-state index contributed by atoms with van der Waals surface area (Å²) in [6.45, 7) is 3.55. The molecule has 0 aliphatic carbocycles. The fourth-order valence-corrected chi connectivity index (χ4v) is 3.23. The van der Waals surface area contributed by atoms with E-state index in [1.807, 2.05) is 18.2 Å². The largest absolute Gasteiger partial charge is 0.442 e. The molecule has 1 saturated heterocycles. The average molecular weight is 347 g/mol. The Hall–Kier alpha value is -2.15. The minimum absolute atomic E-state index is 0.222. The number of amides is 2. The summed E-state index contributed by atoms with van der Waals surface area (Å²) in [5.41, 5.74) is 2.85. The third-order valence-corrected chi connectivity index (χ3v) is 4.50. The van der Waals surface area contributed by atoms with E-state index in [1.165, 1.54) is 0 Å². The molecule has 0 radical (unpaired) electrons. The van der Waals surface area contributed by atoms with E-state index < -0.39 is 0 Å². The lowest BCUT2D eigenvalue weighted by Crippen LogP contribution is -2.32. The molecule has 2 aliphatic rings. The second-order valence-corrected chi connectivity index (χ2v) is 6.73. The van der Waals surface area contributed by atoms with Gasteiger partial charge in [0.15, 0.2) is 0 Å². The standard InChI is InChI=1S/C17H21N3O3S/c1-12(24)18-9-15-10-20(17(22)23-15)14-5-6-16-13(8-14)4-2-3-7-19(16)11-21/h5-6,8,11,15H,2-4,7,9-10H2,1H3,(H,18,24)/t15-/m0/s1. The number of benzene rings is 1. The van der Waals surface area contributed by atoms with E-state index in [1.54, 1.807) is 16.7 Å². The zero-order chi connectivity index (χ0) is 17.1. The fraction of sp³-hybridized carbons (Fsp3) is 0.471. The van der Waals surface area contributed by atoms with Crippen LogP contribution in [0.25, 0.3) is 0 Å². The van der Waals surface area contributed by atoms with Crippen molar-refractivity contribution < 1.29 is 14.3 Å². The summed E-state index contributed by atoms with van der Waals surface area (Å²) in [7, 11) is 0. The smallest absolute Gasteiger partial charge is 0.414 e. The Labute approximate surface area is 146 Å². The third kappa shape index (κ3) is 3.51. The summed E-state index contributed by atoms with van der Waals surface area (Å²) in [4.78, 5) is 27.5. The highest BCUT2D eigenvalue weighted by molar-refractivity contribution is 7.80. The van der Waals surface area contributed by atoms with Crippen LogP contribution in [0.2, 0.25) is 0 Å². The zero-order valence-electron chi connectivity index (χ0n) is 13.7. The number of hydrogen-bond donors (Lipinski definition) is 1. The predicted octanol–water partition coefficient (Wildman–Crippen LogP) is 2.25. The van der Waals surface area contributed by atoms with Crippen molar-refractivity contribution in [3.63, 3.8) is 0 Å². The number of carbonyl (C=O) groups excluding carboxylic acids is 2. The van der Waals surface area contributed by atoms with E-state index >= 15 is 0 Å². The molecule has 24 heavy (non-hydrogen) atoms. The van der Waals surface area contributed by atoms with E-state index in [-0.39, 0.29) is 12.2 Å². The van der Waals surface area contributed by atoms with Gasteiger partial charge in [0.05, 0.1) is 18.1 Å². The minimum Gasteiger partial charge on any atom is -0.442 e. The number of nitrogens with zero attached hydrogens (tertiary/aromatic N) is 2. The van der Waals surface area contributed by atoms with Gasteiger partial charge in [-0.05, 0) is 49.9 Å². The minimum atomic E-state index is -0.343. The average Bonchev–Trinajstić information content (AvgIpc) is 2.81. The molecule has 0 aromatic heterocycles. The molecule has 0 spiro atoms. The number of rotatable bonds is 4. The number of cyclic esters (lactones) is 1. The summed E-state index contributed by atoms with van der Waals surface area (Å²) in [6.07, 6.45) is 3.24. The van der Waals surface area contributed by atoms with Crippen molar-refractivity contribution in [1.29, 1.82) is 0 Å². The molecular formula is C17H21N3O3S. The summed E-state index contributed by atoms with van der Waals surface area (Å²) in [5.74, 6) is 0. The lowest BCUT2D eigenvalue weighted by molar-refractivity contribution is -0.107. The number of nitrogens with one attached hydrogen (secondary N) is 1. The first kappa shape index (κ1) is 16.7. The normalized spacial score (nSPS) is 20.2. The number of fused-ring (bicyclic) bond motifs is 1. The molecule has 1 fully saturated rings. The van der Waals surface area contributed by atoms with Crippen molar-refractivity contribution in [2.75, 3.05) is 29.4 Å². The number of ether oxygens (including phenoxy) is 1. The molecule has 1 N–H and O–H groups in total. The molecule has 128 valence electrons. The van der Waals surface area contributed by atoms with E-state index in [0.29, 0.717) is 18.1 Å². The van der Waals surface area contributed by atoms with E-state index in [0.717, 1.165) is 49.2 Å². The van der Waals surface area contributed by atoms with Gasteiger partial charge in [-0.25, -0.2) is 4.79 Å². The van der Waals surface area contributed by atoms with Crippen molar-refractivity contribution in [3.8, 4) is 0 Å². The number of aryl methyl sites for hydroxylation is 1. The van der Waals surface area contributed by atoms with Crippen LogP contribution in [0, 0.1) is 0 Å². The molecule has 2 aliphatic heterocycles. The molecule has 0 saturated carbocycles. The van der Waals surface area contributed by atoms with E-state index in [9.17, 15) is 9.59 Å². The van der Waals surface area contributed by atoms with Gasteiger partial charge >= 0.3 is 6.09 Å². The number of anilines is 2. The van der Waals surface area contributed by atoms with Crippen molar-refractivity contribution >= 4 is 41.1 Å². The summed E-state index contributed by atoms with van der Waals surface area (Å²) < 4.78 is 5.39. The highest BCUT2D eigenvalue weighted by atomic mass is 32.1. The van der Waals surface area contributed by atoms with Crippen LogP contribution in [-0.4, -0.2) is 43.2 Å². The number of thiocarbonyl (C=S) groups is 1. The molecule has 1 aromatic carbocycles. The van der Waals surface area contributed by atoms with Crippen LogP contribution >= 0.6 is 12.2 Å². The van der Waals surface area contributed by atoms with Crippen molar-refractivity contribution in [2.45, 2.75) is 32.3 Å². The maximum absolute atomic E-state index is 12.2. The second-order valence-electron chi connectivity index (χ2n) is 6.12. The van der Waals surface area contributed by atoms with Crippen LogP contribution in [0.3, 0.4) is 0 Å². The fourth-order valence-electron chi connectivity index (χ4n) is 3.14. The van der Waals surface area contributed by atoms with Crippen molar-refractivity contribution in [1.82, 2.24) is 5.32 Å². The molecule has 3 rings (SSSR count). The van der Waals surface area contributed by atoms with Gasteiger partial charge in [-0.2, -0.15) is 0 Å². The highest BCUT2D eigenvalue weighted by Gasteiger charge is 2.32. The van der Waals surface area contributed by atoms with Crippen LogP contribution in [0.15, 0.2) is 18.2 Å². The third-order valence-electron chi connectivity index (χ3n) is 4.36. The Morgan fingerprint density at radius 1 is 1.46 bits per heavy atom. The van der Waals surface area contributed by atoms with E-state index in [2.05, 4.69) is 5.32 Å². The van der Waals surface area contributed by atoms with Crippen molar-refractivity contribution in [3.05, 3.63) is 23.8 Å². The molecular weight excluding hydrogens is 326 g/mol. The molecule has 6 nitrogen and oxygen atoms in total. The number of carbonyl (C=O) groups is 2. The summed E-state index contributed by atoms with van der Waals surface area (Å²) in [6, 6.07) is 5.80. The van der Waals surface area contributed by atoms with Crippen LogP contribution in [0.4, 0.5) is 16.2 Å². The predicted molar refractivity (Wildman–Crippen MR) is 96.7 cm³/mol. The first-order valence-corrected chi connectivity index (χ1v) is 8.57.